The summed E-state index contributed by atoms with van der Waals surface area (Å²) in [6.07, 6.45) is 0.159. The molecule has 2 rings (SSSR count). The van der Waals surface area contributed by atoms with Crippen molar-refractivity contribution < 1.29 is 18.3 Å². The van der Waals surface area contributed by atoms with Gasteiger partial charge in [-0.25, -0.2) is 13.2 Å². The van der Waals surface area contributed by atoms with E-state index in [4.69, 9.17) is 28.5 Å². The molecule has 1 fully saturated rings. The van der Waals surface area contributed by atoms with Gasteiger partial charge in [0.25, 0.3) is 10.0 Å². The zero-order valence-corrected chi connectivity index (χ0v) is 15.1. The maximum absolute atomic E-state index is 12.6. The van der Waals surface area contributed by atoms with E-state index in [9.17, 15) is 13.2 Å². The number of rotatable bonds is 4. The van der Waals surface area contributed by atoms with Gasteiger partial charge in [0.1, 0.15) is 10.0 Å². The molecule has 1 aliphatic heterocycles. The van der Waals surface area contributed by atoms with E-state index in [1.807, 2.05) is 0 Å². The highest BCUT2D eigenvalue weighted by atomic mass is 35.5. The van der Waals surface area contributed by atoms with Gasteiger partial charge in [-0.2, -0.15) is 5.10 Å². The van der Waals surface area contributed by atoms with E-state index in [-0.39, 0.29) is 28.2 Å². The molecule has 0 saturated carbocycles. The number of carboxylic acid groups (broad SMARTS) is 1. The number of likely N-dealkylation sites (tertiary alicyclic amines) is 1. The lowest BCUT2D eigenvalue weighted by atomic mass is 9.97. The van der Waals surface area contributed by atoms with Crippen molar-refractivity contribution in [2.24, 2.45) is 13.0 Å². The molecule has 1 aliphatic rings. The van der Waals surface area contributed by atoms with E-state index < -0.39 is 16.1 Å². The van der Waals surface area contributed by atoms with Gasteiger partial charge in [-0.05, 0) is 37.5 Å². The van der Waals surface area contributed by atoms with E-state index in [0.717, 1.165) is 3.82 Å². The molecule has 1 saturated heterocycles. The van der Waals surface area contributed by atoms with Crippen molar-refractivity contribution in [1.82, 2.24) is 18.5 Å². The first-order valence-corrected chi connectivity index (χ1v) is 9.15. The molecule has 0 unspecified atom stereocenters. The van der Waals surface area contributed by atoms with Gasteiger partial charge in [0, 0.05) is 26.7 Å². The molecule has 11 heteroatoms. The molecule has 1 aromatic heterocycles. The predicted molar refractivity (Wildman–Crippen MR) is 85.0 cm³/mol. The summed E-state index contributed by atoms with van der Waals surface area (Å²) in [6.45, 7) is 2.39. The zero-order valence-electron chi connectivity index (χ0n) is 12.7. The van der Waals surface area contributed by atoms with Crippen molar-refractivity contribution >= 4 is 39.5 Å². The third-order valence-electron chi connectivity index (χ3n) is 3.91. The minimum Gasteiger partial charge on any atom is -0.465 e. The lowest BCUT2D eigenvalue weighted by molar-refractivity contribution is 0.123. The summed E-state index contributed by atoms with van der Waals surface area (Å²) in [5.41, 5.74) is 0.281. The third-order valence-corrected chi connectivity index (χ3v) is 6.81. The molecular formula is C12H18Cl2N4O4S. The van der Waals surface area contributed by atoms with Gasteiger partial charge in [-0.3, -0.25) is 4.68 Å². The Morgan fingerprint density at radius 3 is 2.43 bits per heavy atom. The van der Waals surface area contributed by atoms with Gasteiger partial charge >= 0.3 is 6.09 Å². The predicted octanol–water partition coefficient (Wildman–Crippen LogP) is 1.92. The maximum Gasteiger partial charge on any atom is 0.407 e. The highest BCUT2D eigenvalue weighted by Crippen LogP contribution is 2.30. The van der Waals surface area contributed by atoms with Crippen LogP contribution < -0.4 is 0 Å². The second kappa shape index (κ2) is 6.84. The second-order valence-electron chi connectivity index (χ2n) is 5.52. The number of sulfonamides is 1. The Hall–Kier alpha value is -1.03. The Morgan fingerprint density at radius 1 is 1.43 bits per heavy atom. The lowest BCUT2D eigenvalue weighted by Gasteiger charge is -2.31. The minimum atomic E-state index is -3.96. The summed E-state index contributed by atoms with van der Waals surface area (Å²) in [6, 6.07) is 0. The van der Waals surface area contributed by atoms with Gasteiger partial charge in [0.05, 0.1) is 5.69 Å². The largest absolute Gasteiger partial charge is 0.465 e. The van der Waals surface area contributed by atoms with Crippen molar-refractivity contribution in [3.63, 3.8) is 0 Å². The number of hydrogen-bond acceptors (Lipinski definition) is 4. The van der Waals surface area contributed by atoms with Crippen LogP contribution in [0, 0.1) is 12.8 Å². The molecule has 8 nitrogen and oxygen atoms in total. The summed E-state index contributed by atoms with van der Waals surface area (Å²) < 4.78 is 27.2. The van der Waals surface area contributed by atoms with Gasteiger partial charge in [-0.1, -0.05) is 11.6 Å². The number of aromatic nitrogens is 2. The first-order valence-electron chi connectivity index (χ1n) is 7.00. The molecule has 0 atom stereocenters. The van der Waals surface area contributed by atoms with Gasteiger partial charge in [0.2, 0.25) is 0 Å². The van der Waals surface area contributed by atoms with Crippen LogP contribution in [0.2, 0.25) is 5.15 Å². The first kappa shape index (κ1) is 18.3. The fourth-order valence-corrected chi connectivity index (χ4v) is 4.84. The Morgan fingerprint density at radius 2 is 2.00 bits per heavy atom. The van der Waals surface area contributed by atoms with Gasteiger partial charge < -0.3 is 10.0 Å². The molecule has 23 heavy (non-hydrogen) atoms. The summed E-state index contributed by atoms with van der Waals surface area (Å²) in [5.74, 6) is -0.00590. The average molecular weight is 385 g/mol. The van der Waals surface area contributed by atoms with Crippen LogP contribution >= 0.6 is 23.4 Å². The van der Waals surface area contributed by atoms with E-state index in [0.29, 0.717) is 25.9 Å². The van der Waals surface area contributed by atoms with Crippen LogP contribution in [0.1, 0.15) is 18.5 Å². The second-order valence-corrected chi connectivity index (χ2v) is 8.28. The molecule has 1 aromatic rings. The lowest BCUT2D eigenvalue weighted by Crippen LogP contribution is -2.40. The number of halogens is 2. The number of amides is 1. The Labute approximate surface area is 144 Å². The monoisotopic (exact) mass is 384 g/mol. The normalized spacial score (nSPS) is 17.0. The van der Waals surface area contributed by atoms with E-state index >= 15 is 0 Å². The van der Waals surface area contributed by atoms with Crippen molar-refractivity contribution in [1.29, 1.82) is 0 Å². The van der Waals surface area contributed by atoms with Crippen LogP contribution in [-0.2, 0) is 17.1 Å². The van der Waals surface area contributed by atoms with Crippen LogP contribution in [0.15, 0.2) is 4.90 Å². The quantitative estimate of drug-likeness (QED) is 0.799. The Bertz CT molecular complexity index is 698. The number of piperidine rings is 1. The molecule has 130 valence electrons. The summed E-state index contributed by atoms with van der Waals surface area (Å²) in [4.78, 5) is 12.1. The van der Waals surface area contributed by atoms with Gasteiger partial charge in [-0.15, -0.1) is 3.82 Å². The highest BCUT2D eigenvalue weighted by molar-refractivity contribution is 7.90. The molecular weight excluding hydrogens is 367 g/mol. The van der Waals surface area contributed by atoms with Crippen molar-refractivity contribution in [2.45, 2.75) is 24.7 Å². The zero-order chi connectivity index (χ0) is 17.4. The molecule has 0 spiro atoms. The van der Waals surface area contributed by atoms with E-state index in [1.165, 1.54) is 9.58 Å². The molecule has 1 amide bonds. The molecule has 0 aliphatic carbocycles. The fourth-order valence-electron chi connectivity index (χ4n) is 2.61. The summed E-state index contributed by atoms with van der Waals surface area (Å²) in [7, 11) is -2.41. The Kier molecular flexibility index (Phi) is 5.44. The van der Waals surface area contributed by atoms with Crippen LogP contribution in [0.3, 0.4) is 0 Å². The molecule has 0 radical (unpaired) electrons. The average Bonchev–Trinajstić information content (AvgIpc) is 2.72. The fraction of sp³-hybridized carbons (Fsp3) is 0.667. The molecule has 2 heterocycles. The number of carbonyl (C=O) groups is 1. The van der Waals surface area contributed by atoms with Crippen LogP contribution in [0.4, 0.5) is 4.79 Å². The minimum absolute atomic E-state index is 0.00590. The van der Waals surface area contributed by atoms with Crippen LogP contribution in [0.5, 0.6) is 0 Å². The van der Waals surface area contributed by atoms with E-state index in [2.05, 4.69) is 5.10 Å². The summed E-state index contributed by atoms with van der Waals surface area (Å²) in [5, 5.41) is 12.9. The van der Waals surface area contributed by atoms with Crippen LogP contribution in [0.25, 0.3) is 0 Å². The van der Waals surface area contributed by atoms with Crippen LogP contribution in [-0.4, -0.2) is 57.8 Å². The summed E-state index contributed by atoms with van der Waals surface area (Å²) >= 11 is 12.0. The SMILES string of the molecule is Cc1nn(C)c(Cl)c1S(=O)(=O)N(Cl)CC1CCN(C(=O)O)CC1. The van der Waals surface area contributed by atoms with Crippen molar-refractivity contribution in [3.8, 4) is 0 Å². The number of aryl methyl sites for hydroxylation is 2. The van der Waals surface area contributed by atoms with E-state index in [1.54, 1.807) is 14.0 Å². The van der Waals surface area contributed by atoms with Crippen molar-refractivity contribution in [2.75, 3.05) is 19.6 Å². The Balaban J connectivity index is 2.08. The van der Waals surface area contributed by atoms with Gasteiger partial charge in [0.15, 0.2) is 0 Å². The smallest absolute Gasteiger partial charge is 0.407 e. The highest BCUT2D eigenvalue weighted by Gasteiger charge is 2.33. The standard InChI is InChI=1S/C12H18Cl2N4O4S/c1-8-10(11(13)16(2)15-8)23(21,22)18(14)7-9-3-5-17(6-4-9)12(19)20/h9H,3-7H2,1-2H3,(H,19,20). The maximum atomic E-state index is 12.6. The first-order chi connectivity index (χ1) is 10.6. The molecule has 0 bridgehead atoms. The molecule has 1 N–H and O–H groups in total. The molecule has 0 aromatic carbocycles. The topological polar surface area (TPSA) is 95.7 Å². The third kappa shape index (κ3) is 3.73. The number of hydrogen-bond donors (Lipinski definition) is 1. The number of nitrogens with zero attached hydrogens (tertiary/aromatic N) is 4. The van der Waals surface area contributed by atoms with Crippen molar-refractivity contribution in [3.05, 3.63) is 10.8 Å².